The van der Waals surface area contributed by atoms with E-state index in [0.29, 0.717) is 5.75 Å². The van der Waals surface area contributed by atoms with Gasteiger partial charge >= 0.3 is 0 Å². The number of carbonyl (C=O) groups is 1. The Kier molecular flexibility index (Phi) is 5.97. The third kappa shape index (κ3) is 5.79. The average molecular weight is 299 g/mol. The summed E-state index contributed by atoms with van der Waals surface area (Å²) in [6.07, 6.45) is 4.96. The molecule has 0 saturated carbocycles. The first-order valence-corrected chi connectivity index (χ1v) is 7.75. The molecular weight excluding hydrogens is 282 g/mol. The largest absolute Gasteiger partial charge is 0.272 e. The van der Waals surface area contributed by atoms with Crippen LogP contribution in [-0.2, 0) is 10.5 Å². The number of hydrogen-bond donors (Lipinski definition) is 1. The van der Waals surface area contributed by atoms with E-state index in [9.17, 15) is 4.79 Å². The molecule has 1 aromatic carbocycles. The topological polar surface area (TPSA) is 54.4 Å². The van der Waals surface area contributed by atoms with E-state index in [0.717, 1.165) is 11.3 Å². The smallest absolute Gasteiger partial charge is 0.250 e. The molecule has 1 amide bonds. The van der Waals surface area contributed by atoms with Gasteiger partial charge in [0.15, 0.2) is 0 Å². The zero-order valence-corrected chi connectivity index (χ0v) is 12.6. The van der Waals surface area contributed by atoms with Crippen LogP contribution >= 0.6 is 11.8 Å². The third-order valence-corrected chi connectivity index (χ3v) is 3.74. The summed E-state index contributed by atoms with van der Waals surface area (Å²) < 4.78 is 0. The second-order valence-corrected chi connectivity index (χ2v) is 5.54. The van der Waals surface area contributed by atoms with Gasteiger partial charge in [-0.25, -0.2) is 5.43 Å². The number of carbonyl (C=O) groups excluding carboxylic acids is 1. The van der Waals surface area contributed by atoms with Crippen LogP contribution < -0.4 is 5.43 Å². The molecule has 0 spiro atoms. The van der Waals surface area contributed by atoms with Crippen LogP contribution in [0.1, 0.15) is 16.7 Å². The van der Waals surface area contributed by atoms with Gasteiger partial charge in [-0.1, -0.05) is 29.8 Å². The van der Waals surface area contributed by atoms with Crippen molar-refractivity contribution in [2.75, 3.05) is 5.75 Å². The first-order chi connectivity index (χ1) is 10.2. The van der Waals surface area contributed by atoms with Crippen LogP contribution in [0.5, 0.6) is 0 Å². The van der Waals surface area contributed by atoms with Gasteiger partial charge in [0.1, 0.15) is 0 Å². The predicted octanol–water partition coefficient (Wildman–Crippen LogP) is 2.77. The molecule has 2 aromatic rings. The van der Waals surface area contributed by atoms with Gasteiger partial charge in [-0.3, -0.25) is 9.78 Å². The number of nitrogens with zero attached hydrogens (tertiary/aromatic N) is 2. The van der Waals surface area contributed by atoms with Crippen LogP contribution in [-0.4, -0.2) is 22.9 Å². The normalized spacial score (nSPS) is 10.7. The lowest BCUT2D eigenvalue weighted by atomic mass is 10.2. The van der Waals surface area contributed by atoms with Crippen molar-refractivity contribution in [3.63, 3.8) is 0 Å². The van der Waals surface area contributed by atoms with Crippen molar-refractivity contribution >= 4 is 23.9 Å². The number of hydrogen-bond acceptors (Lipinski definition) is 4. The number of amides is 1. The summed E-state index contributed by atoms with van der Waals surface area (Å²) in [5.74, 6) is 1.11. The van der Waals surface area contributed by atoms with Gasteiger partial charge in [0.05, 0.1) is 12.0 Å². The second kappa shape index (κ2) is 8.21. The Labute approximate surface area is 128 Å². The summed E-state index contributed by atoms with van der Waals surface area (Å²) >= 11 is 1.57. The molecule has 1 N–H and O–H groups in total. The minimum absolute atomic E-state index is 0.0996. The van der Waals surface area contributed by atoms with Crippen molar-refractivity contribution in [1.29, 1.82) is 0 Å². The number of hydrazone groups is 1. The second-order valence-electron chi connectivity index (χ2n) is 4.55. The van der Waals surface area contributed by atoms with E-state index in [1.54, 1.807) is 30.4 Å². The van der Waals surface area contributed by atoms with Crippen molar-refractivity contribution < 1.29 is 4.79 Å². The summed E-state index contributed by atoms with van der Waals surface area (Å²) in [5.41, 5.74) is 5.88. The molecule has 108 valence electrons. The Hall–Kier alpha value is -2.14. The first-order valence-electron chi connectivity index (χ1n) is 6.59. The Balaban J connectivity index is 1.68. The van der Waals surface area contributed by atoms with Crippen LogP contribution in [0.2, 0.25) is 0 Å². The lowest BCUT2D eigenvalue weighted by molar-refractivity contribution is -0.118. The zero-order valence-electron chi connectivity index (χ0n) is 11.8. The fourth-order valence-corrected chi connectivity index (χ4v) is 2.39. The molecular formula is C16H17N3OS. The molecule has 4 nitrogen and oxygen atoms in total. The summed E-state index contributed by atoms with van der Waals surface area (Å²) in [4.78, 5) is 15.5. The molecule has 0 unspecified atom stereocenters. The number of benzene rings is 1. The van der Waals surface area contributed by atoms with Crippen molar-refractivity contribution in [2.45, 2.75) is 12.7 Å². The third-order valence-electron chi connectivity index (χ3n) is 2.73. The summed E-state index contributed by atoms with van der Waals surface area (Å²) in [7, 11) is 0. The molecule has 1 aromatic heterocycles. The van der Waals surface area contributed by atoms with E-state index in [1.807, 2.05) is 12.1 Å². The summed E-state index contributed by atoms with van der Waals surface area (Å²) in [6, 6.07) is 12.0. The number of pyridine rings is 1. The number of nitrogens with one attached hydrogen (secondary N) is 1. The van der Waals surface area contributed by atoms with Crippen LogP contribution in [0, 0.1) is 6.92 Å². The highest BCUT2D eigenvalue weighted by molar-refractivity contribution is 7.99. The van der Waals surface area contributed by atoms with Gasteiger partial charge in [-0.05, 0) is 30.2 Å². The van der Waals surface area contributed by atoms with Crippen molar-refractivity contribution in [1.82, 2.24) is 10.4 Å². The van der Waals surface area contributed by atoms with E-state index >= 15 is 0 Å². The van der Waals surface area contributed by atoms with Gasteiger partial charge < -0.3 is 0 Å². The lowest BCUT2D eigenvalue weighted by Gasteiger charge is -2.02. The van der Waals surface area contributed by atoms with Crippen LogP contribution in [0.3, 0.4) is 0 Å². The maximum absolute atomic E-state index is 11.6. The quantitative estimate of drug-likeness (QED) is 0.659. The molecule has 0 bridgehead atoms. The highest BCUT2D eigenvalue weighted by atomic mass is 32.2. The fraction of sp³-hybridized carbons (Fsp3) is 0.188. The number of rotatable bonds is 6. The standard InChI is InChI=1S/C16H17N3OS/c1-13-2-4-15(5-3-13)11-21-12-16(20)19-18-10-14-6-8-17-9-7-14/h2-10H,11-12H2,1H3,(H,19,20)/b18-10-. The van der Waals surface area contributed by atoms with Crippen LogP contribution in [0.15, 0.2) is 53.9 Å². The van der Waals surface area contributed by atoms with E-state index in [2.05, 4.69) is 46.7 Å². The van der Waals surface area contributed by atoms with Gasteiger partial charge in [0.2, 0.25) is 5.91 Å². The first kappa shape index (κ1) is 15.3. The van der Waals surface area contributed by atoms with Crippen LogP contribution in [0.4, 0.5) is 0 Å². The Bertz CT molecular complexity index is 597. The zero-order chi connectivity index (χ0) is 14.9. The van der Waals surface area contributed by atoms with Crippen molar-refractivity contribution in [2.24, 2.45) is 5.10 Å². The van der Waals surface area contributed by atoms with E-state index in [1.165, 1.54) is 11.1 Å². The Morgan fingerprint density at radius 2 is 1.95 bits per heavy atom. The molecule has 0 radical (unpaired) electrons. The Morgan fingerprint density at radius 3 is 2.67 bits per heavy atom. The lowest BCUT2D eigenvalue weighted by Crippen LogP contribution is -2.19. The van der Waals surface area contributed by atoms with E-state index in [4.69, 9.17) is 0 Å². The molecule has 5 heteroatoms. The van der Waals surface area contributed by atoms with Gasteiger partial charge in [-0.15, -0.1) is 11.8 Å². The molecule has 0 aliphatic heterocycles. The monoisotopic (exact) mass is 299 g/mol. The molecule has 0 saturated heterocycles. The van der Waals surface area contributed by atoms with Gasteiger partial charge in [0.25, 0.3) is 0 Å². The summed E-state index contributed by atoms with van der Waals surface area (Å²) in [6.45, 7) is 2.06. The number of aryl methyl sites for hydroxylation is 1. The Morgan fingerprint density at radius 1 is 1.24 bits per heavy atom. The maximum atomic E-state index is 11.6. The molecule has 0 aliphatic rings. The highest BCUT2D eigenvalue weighted by Crippen LogP contribution is 2.12. The average Bonchev–Trinajstić information content (AvgIpc) is 2.50. The highest BCUT2D eigenvalue weighted by Gasteiger charge is 2.00. The number of thioether (sulfide) groups is 1. The molecule has 0 aliphatic carbocycles. The maximum Gasteiger partial charge on any atom is 0.250 e. The van der Waals surface area contributed by atoms with Crippen molar-refractivity contribution in [3.05, 3.63) is 65.5 Å². The SMILES string of the molecule is Cc1ccc(CSCC(=O)N/N=C\c2ccncc2)cc1. The van der Waals surface area contributed by atoms with E-state index < -0.39 is 0 Å². The van der Waals surface area contributed by atoms with E-state index in [-0.39, 0.29) is 5.91 Å². The predicted molar refractivity (Wildman–Crippen MR) is 87.3 cm³/mol. The molecule has 0 atom stereocenters. The van der Waals surface area contributed by atoms with Crippen LogP contribution in [0.25, 0.3) is 0 Å². The van der Waals surface area contributed by atoms with Gasteiger partial charge in [0, 0.05) is 18.1 Å². The van der Waals surface area contributed by atoms with Crippen molar-refractivity contribution in [3.8, 4) is 0 Å². The molecule has 0 fully saturated rings. The fourth-order valence-electron chi connectivity index (χ4n) is 1.61. The molecule has 2 rings (SSSR count). The minimum Gasteiger partial charge on any atom is -0.272 e. The molecule has 1 heterocycles. The number of aromatic nitrogens is 1. The molecule has 21 heavy (non-hydrogen) atoms. The minimum atomic E-state index is -0.0996. The summed E-state index contributed by atoms with van der Waals surface area (Å²) in [5, 5.41) is 3.91. The van der Waals surface area contributed by atoms with Gasteiger partial charge in [-0.2, -0.15) is 5.10 Å².